The molecule has 3 rings (SSSR count). The average molecular weight is 308 g/mol. The zero-order chi connectivity index (χ0) is 16.3. The third kappa shape index (κ3) is 3.55. The second-order valence-electron chi connectivity index (χ2n) is 6.46. The highest BCUT2D eigenvalue weighted by Crippen LogP contribution is 2.47. The van der Waals surface area contributed by atoms with Crippen molar-refractivity contribution >= 4 is 11.7 Å². The van der Waals surface area contributed by atoms with E-state index >= 15 is 0 Å². The average Bonchev–Trinajstić information content (AvgIpc) is 3.35. The van der Waals surface area contributed by atoms with Gasteiger partial charge in [-0.1, -0.05) is 55.0 Å². The van der Waals surface area contributed by atoms with Gasteiger partial charge in [0.05, 0.1) is 0 Å². The van der Waals surface area contributed by atoms with Crippen LogP contribution in [0.2, 0.25) is 0 Å². The van der Waals surface area contributed by atoms with Crippen LogP contribution >= 0.6 is 0 Å². The molecule has 0 aromatic heterocycles. The standard InChI is InChI=1S/C20H24N2O/c1-3-16-6-4-5-7-18(16)22-19(23)21-14-20(12-13-20)17-10-8-15(2)9-11-17/h4-11H,3,12-14H2,1-2H3,(H2,21,22,23). The Kier molecular flexibility index (Phi) is 4.37. The van der Waals surface area contributed by atoms with E-state index in [9.17, 15) is 4.79 Å². The molecule has 3 nitrogen and oxygen atoms in total. The van der Waals surface area contributed by atoms with Crippen LogP contribution in [-0.2, 0) is 11.8 Å². The van der Waals surface area contributed by atoms with Crippen LogP contribution in [0.5, 0.6) is 0 Å². The molecule has 3 heteroatoms. The van der Waals surface area contributed by atoms with Crippen molar-refractivity contribution in [3.05, 3.63) is 65.2 Å². The van der Waals surface area contributed by atoms with Gasteiger partial charge in [-0.3, -0.25) is 0 Å². The van der Waals surface area contributed by atoms with E-state index in [-0.39, 0.29) is 11.4 Å². The highest BCUT2D eigenvalue weighted by molar-refractivity contribution is 5.90. The zero-order valence-electron chi connectivity index (χ0n) is 13.9. The molecule has 0 aliphatic heterocycles. The van der Waals surface area contributed by atoms with Gasteiger partial charge < -0.3 is 10.6 Å². The monoisotopic (exact) mass is 308 g/mol. The first-order valence-electron chi connectivity index (χ1n) is 8.33. The predicted octanol–water partition coefficient (Wildman–Crippen LogP) is 4.41. The number of anilines is 1. The quantitative estimate of drug-likeness (QED) is 0.844. The van der Waals surface area contributed by atoms with Crippen molar-refractivity contribution in [3.8, 4) is 0 Å². The van der Waals surface area contributed by atoms with E-state index in [0.717, 1.165) is 30.5 Å². The number of aryl methyl sites for hydroxylation is 2. The number of rotatable bonds is 5. The summed E-state index contributed by atoms with van der Waals surface area (Å²) in [5, 5.41) is 6.02. The summed E-state index contributed by atoms with van der Waals surface area (Å²) >= 11 is 0. The van der Waals surface area contributed by atoms with Crippen molar-refractivity contribution in [2.75, 3.05) is 11.9 Å². The smallest absolute Gasteiger partial charge is 0.319 e. The number of benzene rings is 2. The lowest BCUT2D eigenvalue weighted by atomic mass is 9.95. The minimum absolute atomic E-state index is 0.121. The van der Waals surface area contributed by atoms with Crippen LogP contribution in [0, 0.1) is 6.92 Å². The molecule has 2 aromatic rings. The van der Waals surface area contributed by atoms with E-state index < -0.39 is 0 Å². The topological polar surface area (TPSA) is 41.1 Å². The van der Waals surface area contributed by atoms with Gasteiger partial charge >= 0.3 is 6.03 Å². The van der Waals surface area contributed by atoms with Crippen LogP contribution in [0.15, 0.2) is 48.5 Å². The highest BCUT2D eigenvalue weighted by atomic mass is 16.2. The zero-order valence-corrected chi connectivity index (χ0v) is 13.9. The van der Waals surface area contributed by atoms with Crippen LogP contribution in [0.4, 0.5) is 10.5 Å². The van der Waals surface area contributed by atoms with E-state index in [1.807, 2.05) is 24.3 Å². The maximum atomic E-state index is 12.2. The molecule has 1 saturated carbocycles. The molecule has 0 radical (unpaired) electrons. The van der Waals surface area contributed by atoms with Gasteiger partial charge in [-0.05, 0) is 43.4 Å². The Morgan fingerprint density at radius 1 is 1.09 bits per heavy atom. The second kappa shape index (κ2) is 6.45. The lowest BCUT2D eigenvalue weighted by Gasteiger charge is -2.18. The molecule has 23 heavy (non-hydrogen) atoms. The summed E-state index contributed by atoms with van der Waals surface area (Å²) in [5.74, 6) is 0. The first kappa shape index (κ1) is 15.6. The number of carbonyl (C=O) groups is 1. The minimum atomic E-state index is -0.121. The second-order valence-corrected chi connectivity index (χ2v) is 6.46. The number of hydrogen-bond acceptors (Lipinski definition) is 1. The van der Waals surface area contributed by atoms with Gasteiger partial charge in [0.25, 0.3) is 0 Å². The number of para-hydroxylation sites is 1. The first-order chi connectivity index (χ1) is 11.1. The normalized spacial score (nSPS) is 15.0. The molecule has 1 aliphatic carbocycles. The largest absolute Gasteiger partial charge is 0.337 e. The first-order valence-corrected chi connectivity index (χ1v) is 8.33. The Bertz CT molecular complexity index is 687. The van der Waals surface area contributed by atoms with Gasteiger partial charge in [-0.25, -0.2) is 4.79 Å². The summed E-state index contributed by atoms with van der Waals surface area (Å²) in [4.78, 5) is 12.2. The number of amides is 2. The molecule has 0 heterocycles. The van der Waals surface area contributed by atoms with Gasteiger partial charge in [0, 0.05) is 17.6 Å². The fourth-order valence-corrected chi connectivity index (χ4v) is 2.99. The molecule has 2 N–H and O–H groups in total. The summed E-state index contributed by atoms with van der Waals surface area (Å²) in [7, 11) is 0. The highest BCUT2D eigenvalue weighted by Gasteiger charge is 2.44. The molecule has 1 fully saturated rings. The van der Waals surface area contributed by atoms with Gasteiger partial charge in [-0.2, -0.15) is 0 Å². The molecule has 0 unspecified atom stereocenters. The van der Waals surface area contributed by atoms with Gasteiger partial charge in [0.15, 0.2) is 0 Å². The molecular formula is C20H24N2O. The maximum absolute atomic E-state index is 12.2. The van der Waals surface area contributed by atoms with Crippen LogP contribution in [-0.4, -0.2) is 12.6 Å². The summed E-state index contributed by atoms with van der Waals surface area (Å²) in [6.45, 7) is 4.88. The Morgan fingerprint density at radius 3 is 2.43 bits per heavy atom. The van der Waals surface area contributed by atoms with E-state index in [2.05, 4.69) is 48.7 Å². The maximum Gasteiger partial charge on any atom is 0.319 e. The van der Waals surface area contributed by atoms with Crippen LogP contribution in [0.25, 0.3) is 0 Å². The molecular weight excluding hydrogens is 284 g/mol. The number of hydrogen-bond donors (Lipinski definition) is 2. The van der Waals surface area contributed by atoms with Crippen molar-refractivity contribution in [1.82, 2.24) is 5.32 Å². The van der Waals surface area contributed by atoms with E-state index in [0.29, 0.717) is 6.54 Å². The molecule has 0 saturated heterocycles. The molecule has 2 amide bonds. The molecule has 1 aliphatic rings. The summed E-state index contributed by atoms with van der Waals surface area (Å²) in [6, 6.07) is 16.5. The van der Waals surface area contributed by atoms with Crippen LogP contribution < -0.4 is 10.6 Å². The van der Waals surface area contributed by atoms with E-state index in [1.165, 1.54) is 11.1 Å². The minimum Gasteiger partial charge on any atom is -0.337 e. The van der Waals surface area contributed by atoms with Crippen molar-refractivity contribution in [2.24, 2.45) is 0 Å². The number of nitrogens with one attached hydrogen (secondary N) is 2. The Hall–Kier alpha value is -2.29. The van der Waals surface area contributed by atoms with Gasteiger partial charge in [0.1, 0.15) is 0 Å². The Labute approximate surface area is 138 Å². The fourth-order valence-electron chi connectivity index (χ4n) is 2.99. The predicted molar refractivity (Wildman–Crippen MR) is 94.9 cm³/mol. The van der Waals surface area contributed by atoms with Gasteiger partial charge in [0.2, 0.25) is 0 Å². The third-order valence-electron chi connectivity index (χ3n) is 4.75. The van der Waals surface area contributed by atoms with E-state index in [4.69, 9.17) is 0 Å². The summed E-state index contributed by atoms with van der Waals surface area (Å²) in [5.41, 5.74) is 4.79. The van der Waals surface area contributed by atoms with E-state index in [1.54, 1.807) is 0 Å². The number of carbonyl (C=O) groups excluding carboxylic acids is 1. The third-order valence-corrected chi connectivity index (χ3v) is 4.75. The van der Waals surface area contributed by atoms with Crippen LogP contribution in [0.3, 0.4) is 0 Å². The summed E-state index contributed by atoms with van der Waals surface area (Å²) in [6.07, 6.45) is 3.19. The van der Waals surface area contributed by atoms with Crippen molar-refractivity contribution < 1.29 is 4.79 Å². The fraction of sp³-hybridized carbons (Fsp3) is 0.350. The SMILES string of the molecule is CCc1ccccc1NC(=O)NCC1(c2ccc(C)cc2)CC1. The number of urea groups is 1. The summed E-state index contributed by atoms with van der Waals surface area (Å²) < 4.78 is 0. The van der Waals surface area contributed by atoms with Crippen molar-refractivity contribution in [2.45, 2.75) is 38.5 Å². The van der Waals surface area contributed by atoms with Crippen molar-refractivity contribution in [1.29, 1.82) is 0 Å². The lowest BCUT2D eigenvalue weighted by Crippen LogP contribution is -2.35. The molecule has 2 aromatic carbocycles. The Balaban J connectivity index is 1.60. The molecule has 0 bridgehead atoms. The molecule has 0 spiro atoms. The molecule has 0 atom stereocenters. The van der Waals surface area contributed by atoms with Crippen LogP contribution in [0.1, 0.15) is 36.5 Å². The molecule has 120 valence electrons. The lowest BCUT2D eigenvalue weighted by molar-refractivity contribution is 0.251. The Morgan fingerprint density at radius 2 is 1.78 bits per heavy atom. The van der Waals surface area contributed by atoms with Gasteiger partial charge in [-0.15, -0.1) is 0 Å². The van der Waals surface area contributed by atoms with Crippen molar-refractivity contribution in [3.63, 3.8) is 0 Å².